The smallest absolute Gasteiger partial charge is 0.416 e. The normalized spacial score (nSPS) is 14.2. The van der Waals surface area contributed by atoms with Gasteiger partial charge < -0.3 is 24.4 Å². The number of aliphatic hydroxyl groups excluding tert-OH is 1. The van der Waals surface area contributed by atoms with Gasteiger partial charge in [-0.1, -0.05) is 35.5 Å². The summed E-state index contributed by atoms with van der Waals surface area (Å²) in [7, 11) is 0. The molecule has 15 heteroatoms. The van der Waals surface area contributed by atoms with E-state index in [1.807, 2.05) is 29.2 Å². The first-order valence-corrected chi connectivity index (χ1v) is 19.5. The van der Waals surface area contributed by atoms with Crippen molar-refractivity contribution in [2.75, 3.05) is 57.3 Å². The number of rotatable bonds is 12. The number of nitrogens with zero attached hydrogens (tertiary/aromatic N) is 3. The number of fused-ring (bicyclic) bond motifs is 2. The second-order valence-corrected chi connectivity index (χ2v) is 15.6. The molecule has 0 aromatic heterocycles. The summed E-state index contributed by atoms with van der Waals surface area (Å²) in [6.07, 6.45) is -3.69. The van der Waals surface area contributed by atoms with Gasteiger partial charge in [-0.25, -0.2) is 4.79 Å². The second kappa shape index (κ2) is 21.5. The number of β-amino-alcohol motifs (C(OH)–C–C–N with tert-alkyl or cyclic N) is 1. The summed E-state index contributed by atoms with van der Waals surface area (Å²) in [5.41, 5.74) is 0.970. The number of para-hydroxylation sites is 1. The number of benzene rings is 4. The number of aliphatic hydroxyl groups is 1. The summed E-state index contributed by atoms with van der Waals surface area (Å²) in [6, 6.07) is 25.3. The van der Waals surface area contributed by atoms with Crippen LogP contribution in [-0.2, 0) is 15.7 Å². The van der Waals surface area contributed by atoms with Crippen molar-refractivity contribution in [1.82, 2.24) is 9.80 Å². The Kier molecular flexibility index (Phi) is 18.1. The molecule has 1 fully saturated rings. The molecule has 4 aromatic carbocycles. The number of piperazine rings is 1. The molecule has 8 nitrogen and oxygen atoms in total. The highest BCUT2D eigenvalue weighted by atomic mass is 35.5. The zero-order valence-corrected chi connectivity index (χ0v) is 35.5. The van der Waals surface area contributed by atoms with E-state index < -0.39 is 23.3 Å². The van der Waals surface area contributed by atoms with Gasteiger partial charge in [0.1, 0.15) is 5.75 Å². The highest BCUT2D eigenvalue weighted by Crippen LogP contribution is 2.49. The minimum Gasteiger partial charge on any atom is -0.476 e. The van der Waals surface area contributed by atoms with Crippen LogP contribution in [0.4, 0.5) is 24.5 Å². The highest BCUT2D eigenvalue weighted by molar-refractivity contribution is 7.99. The Morgan fingerprint density at radius 1 is 0.789 bits per heavy atom. The molecule has 6 rings (SSSR count). The van der Waals surface area contributed by atoms with Gasteiger partial charge in [-0.05, 0) is 120 Å². The SMILES string of the molecule is CC(C)OC(=O)C(C)(C)Oc1ccc(C(=O)c2ccc(Cl)cc2)cc1.Cl.Cl.OCCN1CCN(CCCN2c3ccccc3Sc3ccc(C(F)(F)F)cc32)CC1. The van der Waals surface area contributed by atoms with E-state index in [0.29, 0.717) is 40.7 Å². The van der Waals surface area contributed by atoms with E-state index in [1.54, 1.807) is 82.3 Å². The number of halogens is 6. The molecule has 0 spiro atoms. The van der Waals surface area contributed by atoms with Gasteiger partial charge >= 0.3 is 12.1 Å². The topological polar surface area (TPSA) is 82.5 Å². The van der Waals surface area contributed by atoms with E-state index >= 15 is 0 Å². The number of carbonyl (C=O) groups excluding carboxylic acids is 2. The van der Waals surface area contributed by atoms with E-state index in [0.717, 1.165) is 54.6 Å². The van der Waals surface area contributed by atoms with Crippen LogP contribution in [0.5, 0.6) is 5.75 Å². The average Bonchev–Trinajstić information content (AvgIpc) is 3.15. The molecule has 2 aliphatic rings. The van der Waals surface area contributed by atoms with Crippen LogP contribution in [0.3, 0.4) is 0 Å². The summed E-state index contributed by atoms with van der Waals surface area (Å²) in [5, 5.41) is 9.65. The third-order valence-corrected chi connectivity index (χ3v) is 10.5. The summed E-state index contributed by atoms with van der Waals surface area (Å²) in [6.45, 7) is 13.1. The van der Waals surface area contributed by atoms with Crippen LogP contribution >= 0.6 is 48.2 Å². The van der Waals surface area contributed by atoms with Gasteiger partial charge in [0.15, 0.2) is 11.4 Å². The lowest BCUT2D eigenvalue weighted by molar-refractivity contribution is -0.163. The molecule has 2 aliphatic heterocycles. The number of carbonyl (C=O) groups is 2. The van der Waals surface area contributed by atoms with Crippen molar-refractivity contribution in [1.29, 1.82) is 0 Å². The summed E-state index contributed by atoms with van der Waals surface area (Å²) >= 11 is 7.36. The number of anilines is 2. The van der Waals surface area contributed by atoms with Crippen molar-refractivity contribution in [2.45, 2.75) is 61.8 Å². The molecule has 57 heavy (non-hydrogen) atoms. The van der Waals surface area contributed by atoms with E-state index in [2.05, 4.69) is 9.80 Å². The Labute approximate surface area is 354 Å². The number of alkyl halides is 3. The van der Waals surface area contributed by atoms with E-state index in [9.17, 15) is 22.8 Å². The maximum Gasteiger partial charge on any atom is 0.416 e. The van der Waals surface area contributed by atoms with Crippen LogP contribution in [0.2, 0.25) is 5.02 Å². The molecular weight excluding hydrogens is 822 g/mol. The lowest BCUT2D eigenvalue weighted by atomic mass is 10.0. The number of ketones is 1. The quantitative estimate of drug-likeness (QED) is 0.111. The summed E-state index contributed by atoms with van der Waals surface area (Å²) in [5.74, 6) is -0.0659. The van der Waals surface area contributed by atoms with Crippen molar-refractivity contribution >= 4 is 71.3 Å². The highest BCUT2D eigenvalue weighted by Gasteiger charge is 2.34. The fourth-order valence-electron chi connectivity index (χ4n) is 6.21. The summed E-state index contributed by atoms with van der Waals surface area (Å²) < 4.78 is 50.8. The monoisotopic (exact) mass is 869 g/mol. The Morgan fingerprint density at radius 3 is 1.93 bits per heavy atom. The molecule has 0 saturated carbocycles. The van der Waals surface area contributed by atoms with Crippen LogP contribution in [0, 0.1) is 0 Å². The Hall–Kier alpha value is -3.49. The molecule has 0 amide bonds. The maximum atomic E-state index is 13.3. The molecule has 0 radical (unpaired) electrons. The van der Waals surface area contributed by atoms with Crippen LogP contribution in [0.15, 0.2) is 101 Å². The molecule has 1 N–H and O–H groups in total. The van der Waals surface area contributed by atoms with Crippen LogP contribution < -0.4 is 9.64 Å². The van der Waals surface area contributed by atoms with Crippen LogP contribution in [0.1, 0.15) is 55.6 Å². The van der Waals surface area contributed by atoms with Gasteiger partial charge in [0.05, 0.1) is 29.6 Å². The lowest BCUT2D eigenvalue weighted by Gasteiger charge is -2.36. The van der Waals surface area contributed by atoms with E-state index in [4.69, 9.17) is 26.2 Å². The summed E-state index contributed by atoms with van der Waals surface area (Å²) in [4.78, 5) is 33.1. The van der Waals surface area contributed by atoms with Gasteiger partial charge in [0, 0.05) is 65.2 Å². The molecule has 0 aliphatic carbocycles. The van der Waals surface area contributed by atoms with Crippen molar-refractivity contribution in [3.05, 3.63) is 113 Å². The third-order valence-electron chi connectivity index (χ3n) is 9.12. The van der Waals surface area contributed by atoms with Gasteiger partial charge in [-0.15, -0.1) is 24.8 Å². The Morgan fingerprint density at radius 2 is 1.35 bits per heavy atom. The zero-order chi connectivity index (χ0) is 39.8. The second-order valence-electron chi connectivity index (χ2n) is 14.1. The molecular formula is C42H49Cl3F3N3O5S. The van der Waals surface area contributed by atoms with Crippen LogP contribution in [-0.4, -0.2) is 90.8 Å². The average molecular weight is 871 g/mol. The first-order valence-electron chi connectivity index (χ1n) is 18.3. The molecule has 1 saturated heterocycles. The predicted molar refractivity (Wildman–Crippen MR) is 225 cm³/mol. The van der Waals surface area contributed by atoms with Crippen molar-refractivity contribution < 1.29 is 37.3 Å². The first-order chi connectivity index (χ1) is 26.1. The molecule has 0 atom stereocenters. The van der Waals surface area contributed by atoms with Crippen molar-refractivity contribution in [2.24, 2.45) is 0 Å². The first kappa shape index (κ1) is 47.9. The minimum absolute atomic E-state index is 0. The van der Waals surface area contributed by atoms with Gasteiger partial charge in [-0.3, -0.25) is 9.69 Å². The van der Waals surface area contributed by atoms with E-state index in [1.165, 1.54) is 23.9 Å². The van der Waals surface area contributed by atoms with Crippen LogP contribution in [0.25, 0.3) is 0 Å². The fourth-order valence-corrected chi connectivity index (χ4v) is 7.41. The van der Waals surface area contributed by atoms with E-state index in [-0.39, 0.29) is 43.3 Å². The third kappa shape index (κ3) is 13.3. The lowest BCUT2D eigenvalue weighted by Crippen LogP contribution is -2.47. The molecule has 0 bridgehead atoms. The Balaban J connectivity index is 0.000000300. The van der Waals surface area contributed by atoms with Gasteiger partial charge in [0.2, 0.25) is 0 Å². The maximum absolute atomic E-state index is 13.3. The fraction of sp³-hybridized carbons (Fsp3) is 0.381. The van der Waals surface area contributed by atoms with Gasteiger partial charge in [-0.2, -0.15) is 13.2 Å². The molecule has 310 valence electrons. The predicted octanol–water partition coefficient (Wildman–Crippen LogP) is 9.83. The van der Waals surface area contributed by atoms with Crippen molar-refractivity contribution in [3.63, 3.8) is 0 Å². The largest absolute Gasteiger partial charge is 0.476 e. The molecule has 0 unspecified atom stereocenters. The standard InChI is InChI=1S/C22H26F3N3OS.C20H21ClO4.2ClH/c23-22(24,25)17-6-7-21-19(16-17)28(18-4-1-2-5-20(18)30-21)9-3-8-26-10-12-27(13-11-26)14-15-29;1-13(2)24-19(23)20(3,4)25-17-11-7-15(8-12-17)18(22)14-5-9-16(21)10-6-14;;/h1-2,4-7,16,29H,3,8-15H2;5-13H,1-4H3;2*1H. The number of hydrogen-bond acceptors (Lipinski definition) is 9. The van der Waals surface area contributed by atoms with Gasteiger partial charge in [0.25, 0.3) is 0 Å². The molecule has 2 heterocycles. The minimum atomic E-state index is -4.35. The number of esters is 1. The molecule has 4 aromatic rings. The van der Waals surface area contributed by atoms with Crippen molar-refractivity contribution in [3.8, 4) is 5.75 Å². The zero-order valence-electron chi connectivity index (χ0n) is 32.3. The number of hydrogen-bond donors (Lipinski definition) is 1. The number of ether oxygens (including phenoxy) is 2. The Bertz CT molecular complexity index is 1910.